The Bertz CT molecular complexity index is 969. The molecule has 0 aliphatic rings. The molecule has 0 spiro atoms. The minimum absolute atomic E-state index is 0.0466. The summed E-state index contributed by atoms with van der Waals surface area (Å²) in [4.78, 5) is 12.1. The number of nitrogen functional groups attached to an aromatic ring is 1. The van der Waals surface area contributed by atoms with Gasteiger partial charge in [-0.2, -0.15) is 5.26 Å². The van der Waals surface area contributed by atoms with E-state index in [4.69, 9.17) is 33.6 Å². The van der Waals surface area contributed by atoms with Crippen molar-refractivity contribution in [1.82, 2.24) is 0 Å². The third-order valence-electron chi connectivity index (χ3n) is 3.12. The quantitative estimate of drug-likeness (QED) is 0.318. The van der Waals surface area contributed by atoms with Crippen molar-refractivity contribution in [2.75, 3.05) is 10.7 Å². The second-order valence-electron chi connectivity index (χ2n) is 4.75. The first-order valence-electron chi connectivity index (χ1n) is 6.36. The number of halogens is 1. The van der Waals surface area contributed by atoms with Crippen LogP contribution in [-0.4, -0.2) is 14.3 Å². The first kappa shape index (κ1) is 17.7. The Hall–Kier alpha value is -2.64. The molecule has 0 saturated heterocycles. The molecule has 10 heteroatoms. The van der Waals surface area contributed by atoms with E-state index in [-0.39, 0.29) is 22.0 Å². The lowest BCUT2D eigenvalue weighted by molar-refractivity contribution is 0.0987. The van der Waals surface area contributed by atoms with Crippen LogP contribution in [-0.2, 0) is 10.0 Å². The highest BCUT2D eigenvalue weighted by atomic mass is 35.5. The molecule has 0 aliphatic carbocycles. The molecule has 124 valence electrons. The van der Waals surface area contributed by atoms with Gasteiger partial charge >= 0.3 is 0 Å². The summed E-state index contributed by atoms with van der Waals surface area (Å²) in [7, 11) is -4.10. The molecule has 8 nitrogen and oxygen atoms in total. The first-order valence-corrected chi connectivity index (χ1v) is 8.28. The predicted octanol–water partition coefficient (Wildman–Crippen LogP) is 0.962. The van der Waals surface area contributed by atoms with E-state index in [0.717, 1.165) is 11.1 Å². The van der Waals surface area contributed by atoms with Crippen LogP contribution in [0.1, 0.15) is 15.9 Å². The van der Waals surface area contributed by atoms with Crippen LogP contribution >= 0.6 is 11.6 Å². The molecule has 0 radical (unpaired) electrons. The molecule has 2 rings (SSSR count). The van der Waals surface area contributed by atoms with Crippen LogP contribution in [0, 0.1) is 11.3 Å². The van der Waals surface area contributed by atoms with E-state index in [2.05, 4.69) is 0 Å². The number of hydrogen-bond donors (Lipinski definition) is 3. The SMILES string of the molecule is N#Cc1ccc(N(N)C(=O)c2ccc(Cl)c(S(N)(=O)=O)c2)c(N)c1. The van der Waals surface area contributed by atoms with E-state index in [9.17, 15) is 13.2 Å². The van der Waals surface area contributed by atoms with Gasteiger partial charge in [0, 0.05) is 5.56 Å². The molecule has 0 aromatic heterocycles. The third kappa shape index (κ3) is 3.47. The number of sulfonamides is 1. The molecule has 0 fully saturated rings. The average Bonchev–Trinajstić information content (AvgIpc) is 2.52. The van der Waals surface area contributed by atoms with Crippen molar-refractivity contribution in [2.45, 2.75) is 4.90 Å². The number of carbonyl (C=O) groups is 1. The number of benzene rings is 2. The number of nitrogens with zero attached hydrogens (tertiary/aromatic N) is 2. The zero-order chi connectivity index (χ0) is 18.1. The van der Waals surface area contributed by atoms with Gasteiger partial charge in [0.25, 0.3) is 5.91 Å². The largest absolute Gasteiger partial charge is 0.397 e. The Balaban J connectivity index is 2.44. The van der Waals surface area contributed by atoms with Crippen LogP contribution in [0.3, 0.4) is 0 Å². The summed E-state index contributed by atoms with van der Waals surface area (Å²) in [6, 6.07) is 9.67. The average molecular weight is 366 g/mol. The van der Waals surface area contributed by atoms with Crippen LogP contribution in [0.2, 0.25) is 5.02 Å². The van der Waals surface area contributed by atoms with Crippen molar-refractivity contribution < 1.29 is 13.2 Å². The second-order valence-corrected chi connectivity index (χ2v) is 6.69. The van der Waals surface area contributed by atoms with Crippen molar-refractivity contribution in [1.29, 1.82) is 5.26 Å². The van der Waals surface area contributed by atoms with E-state index < -0.39 is 20.8 Å². The summed E-state index contributed by atoms with van der Waals surface area (Å²) in [5.41, 5.74) is 6.31. The Morgan fingerprint density at radius 3 is 2.42 bits per heavy atom. The number of anilines is 2. The molecular weight excluding hydrogens is 354 g/mol. The van der Waals surface area contributed by atoms with Gasteiger partial charge in [0.1, 0.15) is 4.90 Å². The number of primary sulfonamides is 1. The van der Waals surface area contributed by atoms with Crippen LogP contribution in [0.4, 0.5) is 11.4 Å². The maximum atomic E-state index is 12.4. The summed E-state index contributed by atoms with van der Waals surface area (Å²) < 4.78 is 23.0. The number of hydrogen-bond acceptors (Lipinski definition) is 6. The Morgan fingerprint density at radius 2 is 1.88 bits per heavy atom. The summed E-state index contributed by atoms with van der Waals surface area (Å²) in [6.07, 6.45) is 0. The van der Waals surface area contributed by atoms with Gasteiger partial charge < -0.3 is 5.73 Å². The first-order chi connectivity index (χ1) is 11.1. The Morgan fingerprint density at radius 1 is 1.21 bits per heavy atom. The summed E-state index contributed by atoms with van der Waals surface area (Å²) in [5.74, 6) is 5.04. The topological polar surface area (TPSA) is 156 Å². The van der Waals surface area contributed by atoms with Gasteiger partial charge in [-0.15, -0.1) is 0 Å². The van der Waals surface area contributed by atoms with E-state index in [1.54, 1.807) is 0 Å². The number of rotatable bonds is 3. The van der Waals surface area contributed by atoms with E-state index in [1.165, 1.54) is 30.3 Å². The van der Waals surface area contributed by atoms with E-state index >= 15 is 0 Å². The molecule has 0 bridgehead atoms. The predicted molar refractivity (Wildman–Crippen MR) is 89.4 cm³/mol. The fourth-order valence-electron chi connectivity index (χ4n) is 1.95. The molecule has 24 heavy (non-hydrogen) atoms. The minimum Gasteiger partial charge on any atom is -0.397 e. The molecule has 1 amide bonds. The lowest BCUT2D eigenvalue weighted by Crippen LogP contribution is -2.38. The molecule has 0 saturated carbocycles. The van der Waals surface area contributed by atoms with Gasteiger partial charge in [0.15, 0.2) is 0 Å². The summed E-state index contributed by atoms with van der Waals surface area (Å²) >= 11 is 5.77. The van der Waals surface area contributed by atoms with Crippen LogP contribution < -0.4 is 21.7 Å². The van der Waals surface area contributed by atoms with Crippen LogP contribution in [0.25, 0.3) is 0 Å². The van der Waals surface area contributed by atoms with Gasteiger partial charge in [-0.3, -0.25) is 4.79 Å². The number of carbonyl (C=O) groups excluding carboxylic acids is 1. The number of amides is 1. The summed E-state index contributed by atoms with van der Waals surface area (Å²) in [6.45, 7) is 0. The van der Waals surface area contributed by atoms with Gasteiger partial charge in [-0.05, 0) is 36.4 Å². The molecule has 2 aromatic carbocycles. The van der Waals surface area contributed by atoms with Crippen molar-refractivity contribution in [3.05, 3.63) is 52.5 Å². The van der Waals surface area contributed by atoms with Crippen LogP contribution in [0.5, 0.6) is 0 Å². The standard InChI is InChI=1S/C14H12ClN5O3S/c15-10-3-2-9(6-13(10)24(19,22)23)14(21)20(18)12-4-1-8(7-16)5-11(12)17/h1-6H,17-18H2,(H2,19,22,23). The smallest absolute Gasteiger partial charge is 0.272 e. The van der Waals surface area contributed by atoms with Crippen molar-refractivity contribution in [3.63, 3.8) is 0 Å². The maximum Gasteiger partial charge on any atom is 0.272 e. The van der Waals surface area contributed by atoms with Crippen molar-refractivity contribution >= 4 is 38.9 Å². The Kier molecular flexibility index (Phi) is 4.77. The molecule has 0 heterocycles. The highest BCUT2D eigenvalue weighted by molar-refractivity contribution is 7.89. The third-order valence-corrected chi connectivity index (χ3v) is 4.51. The molecule has 0 unspecified atom stereocenters. The van der Waals surface area contributed by atoms with E-state index in [1.807, 2.05) is 6.07 Å². The molecule has 0 aliphatic heterocycles. The molecular formula is C14H12ClN5O3S. The molecule has 2 aromatic rings. The number of nitrogens with two attached hydrogens (primary N) is 3. The highest BCUT2D eigenvalue weighted by Gasteiger charge is 2.21. The molecule has 6 N–H and O–H groups in total. The fraction of sp³-hybridized carbons (Fsp3) is 0. The lowest BCUT2D eigenvalue weighted by atomic mass is 10.1. The number of hydrazine groups is 1. The Labute approximate surface area is 143 Å². The normalized spacial score (nSPS) is 10.9. The molecule has 0 atom stereocenters. The highest BCUT2D eigenvalue weighted by Crippen LogP contribution is 2.26. The maximum absolute atomic E-state index is 12.4. The van der Waals surface area contributed by atoms with Crippen molar-refractivity contribution in [2.24, 2.45) is 11.0 Å². The van der Waals surface area contributed by atoms with Gasteiger partial charge in [-0.25, -0.2) is 24.4 Å². The van der Waals surface area contributed by atoms with Gasteiger partial charge in [-0.1, -0.05) is 11.6 Å². The summed E-state index contributed by atoms with van der Waals surface area (Å²) in [5, 5.41) is 14.5. The van der Waals surface area contributed by atoms with E-state index in [0.29, 0.717) is 5.56 Å². The minimum atomic E-state index is -4.10. The zero-order valence-electron chi connectivity index (χ0n) is 12.1. The van der Waals surface area contributed by atoms with Crippen molar-refractivity contribution in [3.8, 4) is 6.07 Å². The lowest BCUT2D eigenvalue weighted by Gasteiger charge is -2.19. The number of nitriles is 1. The zero-order valence-corrected chi connectivity index (χ0v) is 13.7. The second kappa shape index (κ2) is 6.46. The fourth-order valence-corrected chi connectivity index (χ4v) is 3.02. The van der Waals surface area contributed by atoms with Gasteiger partial charge in [0.2, 0.25) is 10.0 Å². The van der Waals surface area contributed by atoms with Gasteiger partial charge in [0.05, 0.1) is 28.0 Å². The van der Waals surface area contributed by atoms with Crippen LogP contribution in [0.15, 0.2) is 41.3 Å². The monoisotopic (exact) mass is 365 g/mol.